The lowest BCUT2D eigenvalue weighted by Crippen LogP contribution is -2.46. The lowest BCUT2D eigenvalue weighted by molar-refractivity contribution is -0.135. The Balaban J connectivity index is 2.12. The Kier molecular flexibility index (Phi) is 2.48. The quantitative estimate of drug-likeness (QED) is 0.558. The van der Waals surface area contributed by atoms with E-state index in [1.54, 1.807) is 0 Å². The van der Waals surface area contributed by atoms with Crippen LogP contribution >= 0.6 is 0 Å². The van der Waals surface area contributed by atoms with Crippen LogP contribution in [0, 0.1) is 5.41 Å². The van der Waals surface area contributed by atoms with Crippen LogP contribution in [0.3, 0.4) is 0 Å². The molecule has 6 nitrogen and oxygen atoms in total. The van der Waals surface area contributed by atoms with Gasteiger partial charge in [-0.2, -0.15) is 0 Å². The van der Waals surface area contributed by atoms with Gasteiger partial charge in [0.2, 0.25) is 0 Å². The molecule has 2 aliphatic rings. The number of carbonyl (C=O) groups excluding carboxylic acids is 1. The van der Waals surface area contributed by atoms with Crippen molar-refractivity contribution in [1.82, 2.24) is 5.16 Å². The number of nitrogens with two attached hydrogens (primary N) is 1. The molecule has 1 saturated heterocycles. The summed E-state index contributed by atoms with van der Waals surface area (Å²) in [6.45, 7) is 0.828. The molecule has 1 spiro atoms. The molecule has 0 amide bonds. The fourth-order valence-electron chi connectivity index (χ4n) is 2.94. The number of fused-ring (bicyclic) bond motifs is 2. The Bertz CT molecular complexity index is 523. The van der Waals surface area contributed by atoms with Crippen LogP contribution in [0.2, 0.25) is 0 Å². The zero-order valence-electron chi connectivity index (χ0n) is 9.99. The molecule has 3 N–H and O–H groups in total. The van der Waals surface area contributed by atoms with Crippen LogP contribution in [-0.2, 0) is 21.4 Å². The van der Waals surface area contributed by atoms with Gasteiger partial charge in [-0.05, 0) is 19.3 Å². The van der Waals surface area contributed by atoms with Crippen molar-refractivity contribution in [1.29, 1.82) is 5.41 Å². The molecule has 6 heteroatoms. The van der Waals surface area contributed by atoms with Crippen molar-refractivity contribution < 1.29 is 14.1 Å². The minimum atomic E-state index is -0.688. The monoisotopic (exact) mass is 249 g/mol. The Hall–Kier alpha value is -1.69. The van der Waals surface area contributed by atoms with Gasteiger partial charge in [-0.3, -0.25) is 10.2 Å². The molecular weight excluding hydrogens is 234 g/mol. The van der Waals surface area contributed by atoms with E-state index in [2.05, 4.69) is 5.16 Å². The fraction of sp³-hybridized carbons (Fsp3) is 0.583. The van der Waals surface area contributed by atoms with E-state index in [9.17, 15) is 4.79 Å². The van der Waals surface area contributed by atoms with Crippen LogP contribution in [0.15, 0.2) is 4.52 Å². The van der Waals surface area contributed by atoms with Crippen molar-refractivity contribution in [2.24, 2.45) is 5.73 Å². The first-order valence-corrected chi connectivity index (χ1v) is 6.09. The summed E-state index contributed by atoms with van der Waals surface area (Å²) in [4.78, 5) is 12.3. The molecule has 1 atom stereocenters. The van der Waals surface area contributed by atoms with Crippen LogP contribution in [0.4, 0.5) is 0 Å². The lowest BCUT2D eigenvalue weighted by atomic mass is 9.69. The number of aromatic nitrogens is 1. The van der Waals surface area contributed by atoms with Crippen molar-refractivity contribution in [3.05, 3.63) is 17.0 Å². The number of nitrogens with one attached hydrogen (secondary N) is 1. The van der Waals surface area contributed by atoms with E-state index in [0.717, 1.165) is 24.8 Å². The largest absolute Gasteiger partial charge is 0.382 e. The number of rotatable bonds is 1. The Labute approximate surface area is 104 Å². The zero-order chi connectivity index (χ0) is 12.8. The second kappa shape index (κ2) is 3.91. The summed E-state index contributed by atoms with van der Waals surface area (Å²) in [6, 6.07) is 0. The SMILES string of the molecule is N=C(N)c1noc2c1CCC[C@@]21COCCC1=O. The molecule has 96 valence electrons. The van der Waals surface area contributed by atoms with Crippen molar-refractivity contribution in [3.8, 4) is 0 Å². The van der Waals surface area contributed by atoms with Gasteiger partial charge in [-0.1, -0.05) is 5.16 Å². The average molecular weight is 249 g/mol. The summed E-state index contributed by atoms with van der Waals surface area (Å²) in [5, 5.41) is 11.3. The number of Topliss-reactive ketones (excluding diaryl/α,β-unsaturated/α-hetero) is 1. The lowest BCUT2D eigenvalue weighted by Gasteiger charge is -2.36. The summed E-state index contributed by atoms with van der Waals surface area (Å²) in [5.74, 6) is 0.617. The molecule has 1 aromatic rings. The van der Waals surface area contributed by atoms with E-state index in [1.165, 1.54) is 0 Å². The Morgan fingerprint density at radius 2 is 2.28 bits per heavy atom. The predicted molar refractivity (Wildman–Crippen MR) is 62.6 cm³/mol. The minimum absolute atomic E-state index is 0.110. The van der Waals surface area contributed by atoms with E-state index in [4.69, 9.17) is 20.4 Å². The molecule has 0 bridgehead atoms. The number of hydrogen-bond acceptors (Lipinski definition) is 5. The summed E-state index contributed by atoms with van der Waals surface area (Å²) in [7, 11) is 0. The zero-order valence-corrected chi connectivity index (χ0v) is 9.99. The van der Waals surface area contributed by atoms with Crippen molar-refractivity contribution >= 4 is 11.6 Å². The van der Waals surface area contributed by atoms with Crippen LogP contribution < -0.4 is 5.73 Å². The first kappa shape index (κ1) is 11.4. The number of nitrogen functional groups attached to an aromatic ring is 1. The third-order valence-electron chi connectivity index (χ3n) is 3.86. The highest BCUT2D eigenvalue weighted by Crippen LogP contribution is 2.42. The van der Waals surface area contributed by atoms with Crippen molar-refractivity contribution in [3.63, 3.8) is 0 Å². The van der Waals surface area contributed by atoms with E-state index in [-0.39, 0.29) is 11.6 Å². The molecule has 1 aromatic heterocycles. The van der Waals surface area contributed by atoms with E-state index in [0.29, 0.717) is 31.1 Å². The molecule has 2 heterocycles. The highest BCUT2D eigenvalue weighted by Gasteiger charge is 2.49. The molecule has 0 aromatic carbocycles. The van der Waals surface area contributed by atoms with E-state index < -0.39 is 5.41 Å². The van der Waals surface area contributed by atoms with Gasteiger partial charge in [0, 0.05) is 12.0 Å². The third-order valence-corrected chi connectivity index (χ3v) is 3.86. The highest BCUT2D eigenvalue weighted by atomic mass is 16.5. The number of hydrogen-bond donors (Lipinski definition) is 2. The van der Waals surface area contributed by atoms with Crippen LogP contribution in [-0.4, -0.2) is 30.0 Å². The van der Waals surface area contributed by atoms with E-state index >= 15 is 0 Å². The predicted octanol–water partition coefficient (Wildman–Crippen LogP) is 0.522. The molecule has 3 rings (SSSR count). The number of carbonyl (C=O) groups is 1. The van der Waals surface area contributed by atoms with Gasteiger partial charge in [-0.15, -0.1) is 0 Å². The van der Waals surface area contributed by atoms with Gasteiger partial charge < -0.3 is 15.0 Å². The average Bonchev–Trinajstić information content (AvgIpc) is 2.78. The second-order valence-corrected chi connectivity index (χ2v) is 4.91. The van der Waals surface area contributed by atoms with E-state index in [1.807, 2.05) is 0 Å². The molecule has 0 saturated carbocycles. The molecular formula is C12H15N3O3. The summed E-state index contributed by atoms with van der Waals surface area (Å²) in [6.07, 6.45) is 2.76. The van der Waals surface area contributed by atoms with Gasteiger partial charge in [-0.25, -0.2) is 0 Å². The van der Waals surface area contributed by atoms with Gasteiger partial charge in [0.25, 0.3) is 0 Å². The Morgan fingerprint density at radius 1 is 1.44 bits per heavy atom. The first-order valence-electron chi connectivity index (χ1n) is 6.09. The molecule has 1 aliphatic heterocycles. The smallest absolute Gasteiger partial charge is 0.156 e. The first-order chi connectivity index (χ1) is 8.65. The summed E-state index contributed by atoms with van der Waals surface area (Å²) in [5.41, 5.74) is 5.98. The number of ketones is 1. The standard InChI is InChI=1S/C12H15N3O3/c13-11(14)9-7-2-1-4-12(10(7)18-15-9)6-17-5-3-8(12)16/h1-6H2,(H3,13,14)/t12-/m0/s1. The summed E-state index contributed by atoms with van der Waals surface area (Å²) < 4.78 is 10.8. The Morgan fingerprint density at radius 3 is 3.00 bits per heavy atom. The normalized spacial score (nSPS) is 27.2. The second-order valence-electron chi connectivity index (χ2n) is 4.91. The molecule has 1 aliphatic carbocycles. The van der Waals surface area contributed by atoms with Crippen LogP contribution in [0.5, 0.6) is 0 Å². The molecule has 0 radical (unpaired) electrons. The third kappa shape index (κ3) is 1.42. The topological polar surface area (TPSA) is 102 Å². The number of ether oxygens (including phenoxy) is 1. The van der Waals surface area contributed by atoms with Gasteiger partial charge in [0.05, 0.1) is 13.2 Å². The number of amidine groups is 1. The maximum Gasteiger partial charge on any atom is 0.156 e. The maximum absolute atomic E-state index is 12.3. The summed E-state index contributed by atoms with van der Waals surface area (Å²) >= 11 is 0. The van der Waals surface area contributed by atoms with Crippen molar-refractivity contribution in [2.75, 3.05) is 13.2 Å². The number of nitrogens with zero attached hydrogens (tertiary/aromatic N) is 1. The van der Waals surface area contributed by atoms with Gasteiger partial charge >= 0.3 is 0 Å². The molecule has 1 fully saturated rings. The van der Waals surface area contributed by atoms with Crippen LogP contribution in [0.25, 0.3) is 0 Å². The molecule has 18 heavy (non-hydrogen) atoms. The van der Waals surface area contributed by atoms with Gasteiger partial charge in [0.1, 0.15) is 11.3 Å². The fourth-order valence-corrected chi connectivity index (χ4v) is 2.94. The van der Waals surface area contributed by atoms with Crippen molar-refractivity contribution in [2.45, 2.75) is 31.1 Å². The molecule has 0 unspecified atom stereocenters. The van der Waals surface area contributed by atoms with Gasteiger partial charge in [0.15, 0.2) is 17.2 Å². The minimum Gasteiger partial charge on any atom is -0.382 e. The highest BCUT2D eigenvalue weighted by molar-refractivity contribution is 5.96. The van der Waals surface area contributed by atoms with Crippen LogP contribution in [0.1, 0.15) is 36.3 Å². The maximum atomic E-state index is 12.3.